The van der Waals surface area contributed by atoms with Crippen LogP contribution in [0.5, 0.6) is 11.5 Å². The van der Waals surface area contributed by atoms with Crippen LogP contribution in [0.2, 0.25) is 0 Å². The monoisotopic (exact) mass is 474 g/mol. The zero-order valence-corrected chi connectivity index (χ0v) is 21.2. The molecule has 3 aromatic rings. The molecule has 2 aliphatic heterocycles. The van der Waals surface area contributed by atoms with Gasteiger partial charge in [0.15, 0.2) is 0 Å². The van der Waals surface area contributed by atoms with Gasteiger partial charge in [0.05, 0.1) is 31.9 Å². The van der Waals surface area contributed by atoms with Crippen LogP contribution < -0.4 is 9.47 Å². The van der Waals surface area contributed by atoms with Gasteiger partial charge < -0.3 is 23.8 Å². The average molecular weight is 475 g/mol. The fourth-order valence-electron chi connectivity index (χ4n) is 5.68. The highest BCUT2D eigenvalue weighted by Gasteiger charge is 2.49. The van der Waals surface area contributed by atoms with Crippen molar-refractivity contribution in [2.75, 3.05) is 34.4 Å². The lowest BCUT2D eigenvalue weighted by Gasteiger charge is -2.55. The summed E-state index contributed by atoms with van der Waals surface area (Å²) in [5.41, 5.74) is 5.32. The van der Waals surface area contributed by atoms with Gasteiger partial charge >= 0.3 is 0 Å². The molecule has 0 bridgehead atoms. The zero-order valence-electron chi connectivity index (χ0n) is 21.2. The summed E-state index contributed by atoms with van der Waals surface area (Å²) in [6.07, 6.45) is 2.14. The van der Waals surface area contributed by atoms with Crippen molar-refractivity contribution in [3.63, 3.8) is 0 Å². The molecule has 2 saturated heterocycles. The Balaban J connectivity index is 1.52. The van der Waals surface area contributed by atoms with Crippen molar-refractivity contribution < 1.29 is 14.0 Å². The van der Waals surface area contributed by atoms with E-state index in [0.717, 1.165) is 65.6 Å². The van der Waals surface area contributed by atoms with Gasteiger partial charge in [0.1, 0.15) is 23.1 Å². The first-order valence-corrected chi connectivity index (χ1v) is 12.2. The first kappa shape index (κ1) is 23.4. The van der Waals surface area contributed by atoms with Gasteiger partial charge in [0, 0.05) is 17.7 Å². The summed E-state index contributed by atoms with van der Waals surface area (Å²) in [4.78, 5) is 4.71. The fraction of sp³-hybridized carbons (Fsp3) is 0.429. The van der Waals surface area contributed by atoms with Crippen molar-refractivity contribution >= 4 is 5.84 Å². The Bertz CT molecular complexity index is 1170. The first-order valence-electron chi connectivity index (χ1n) is 12.2. The minimum atomic E-state index is -0.0522. The number of nitrogens with one attached hydrogen (secondary N) is 1. The van der Waals surface area contributed by atoms with E-state index in [-0.39, 0.29) is 12.0 Å². The lowest BCUT2D eigenvalue weighted by molar-refractivity contribution is 0.0997. The van der Waals surface area contributed by atoms with Gasteiger partial charge in [-0.15, -0.1) is 0 Å². The van der Waals surface area contributed by atoms with Gasteiger partial charge in [0.2, 0.25) is 0 Å². The number of aromatic nitrogens is 1. The van der Waals surface area contributed by atoms with Crippen molar-refractivity contribution in [3.05, 3.63) is 65.0 Å². The third kappa shape index (κ3) is 4.18. The highest BCUT2D eigenvalue weighted by Crippen LogP contribution is 2.50. The average Bonchev–Trinajstić information content (AvgIpc) is 3.21. The minimum absolute atomic E-state index is 0.0522. The first-order chi connectivity index (χ1) is 16.9. The van der Waals surface area contributed by atoms with Crippen LogP contribution in [-0.4, -0.2) is 61.2 Å². The van der Waals surface area contributed by atoms with E-state index in [2.05, 4.69) is 46.3 Å². The third-order valence-electron chi connectivity index (χ3n) is 7.58. The van der Waals surface area contributed by atoms with Gasteiger partial charge in [-0.2, -0.15) is 0 Å². The van der Waals surface area contributed by atoms with Gasteiger partial charge in [-0.05, 0) is 75.6 Å². The lowest BCUT2D eigenvalue weighted by Crippen LogP contribution is -2.59. The van der Waals surface area contributed by atoms with Gasteiger partial charge in [-0.3, -0.25) is 5.41 Å². The van der Waals surface area contributed by atoms with Crippen LogP contribution in [0, 0.1) is 19.3 Å². The molecule has 5 rings (SSSR count). The molecule has 2 aliphatic rings. The van der Waals surface area contributed by atoms with E-state index >= 15 is 0 Å². The van der Waals surface area contributed by atoms with E-state index in [4.69, 9.17) is 19.4 Å². The standard InChI is InChI=1S/C28H34N4O3/c1-17-25(18(2)35-30-17)19-6-8-20(9-7-19)27-26(21-14-23(33-4)16-24(15-21)34-5)28(29)32(27)22-10-12-31(3)13-11-22/h6-9,14-16,22,26-27,29H,10-13H2,1-5H3. The number of nitrogens with zero attached hydrogens (tertiary/aromatic N) is 3. The van der Waals surface area contributed by atoms with Crippen molar-refractivity contribution in [1.82, 2.24) is 15.0 Å². The zero-order chi connectivity index (χ0) is 24.7. The smallest absolute Gasteiger partial charge is 0.141 e. The van der Waals surface area contributed by atoms with E-state index in [1.54, 1.807) is 14.2 Å². The lowest BCUT2D eigenvalue weighted by atomic mass is 9.75. The second-order valence-corrected chi connectivity index (χ2v) is 9.72. The topological polar surface area (TPSA) is 74.8 Å². The molecule has 2 unspecified atom stereocenters. The molecule has 0 spiro atoms. The maximum Gasteiger partial charge on any atom is 0.141 e. The Labute approximate surface area is 207 Å². The predicted octanol–water partition coefficient (Wildman–Crippen LogP) is 5.19. The number of piperidine rings is 1. The molecule has 184 valence electrons. The van der Waals surface area contributed by atoms with E-state index < -0.39 is 0 Å². The second kappa shape index (κ2) is 9.38. The summed E-state index contributed by atoms with van der Waals surface area (Å²) in [6, 6.07) is 15.1. The molecule has 7 heteroatoms. The molecule has 3 heterocycles. The molecule has 1 N–H and O–H groups in total. The Hall–Kier alpha value is -3.32. The SMILES string of the molecule is COc1cc(OC)cc(C2C(=N)N(C3CCN(C)CC3)C2c2ccc(-c3c(C)noc3C)cc2)c1. The van der Waals surface area contributed by atoms with Crippen molar-refractivity contribution in [2.45, 2.75) is 44.7 Å². The Morgan fingerprint density at radius 2 is 1.57 bits per heavy atom. The van der Waals surface area contributed by atoms with Gasteiger partial charge in [-0.1, -0.05) is 29.4 Å². The Kier molecular flexibility index (Phi) is 6.28. The maximum atomic E-state index is 9.13. The number of methoxy groups -OCH3 is 2. The van der Waals surface area contributed by atoms with Crippen LogP contribution in [0.25, 0.3) is 11.1 Å². The normalized spacial score (nSPS) is 21.2. The highest BCUT2D eigenvalue weighted by atomic mass is 16.5. The number of rotatable bonds is 6. The van der Waals surface area contributed by atoms with Crippen LogP contribution in [0.1, 0.15) is 47.4 Å². The van der Waals surface area contributed by atoms with Gasteiger partial charge in [-0.25, -0.2) is 0 Å². The number of hydrogen-bond donors (Lipinski definition) is 1. The highest BCUT2D eigenvalue weighted by molar-refractivity contribution is 5.94. The molecule has 2 aromatic carbocycles. The van der Waals surface area contributed by atoms with E-state index in [9.17, 15) is 0 Å². The van der Waals surface area contributed by atoms with Crippen LogP contribution in [0.15, 0.2) is 47.0 Å². The summed E-state index contributed by atoms with van der Waals surface area (Å²) in [5.74, 6) is 2.95. The molecular formula is C28H34N4O3. The van der Waals surface area contributed by atoms with Crippen LogP contribution in [-0.2, 0) is 0 Å². The van der Waals surface area contributed by atoms with Crippen LogP contribution >= 0.6 is 0 Å². The number of amidine groups is 1. The van der Waals surface area contributed by atoms with E-state index in [1.807, 2.05) is 32.0 Å². The number of likely N-dealkylation sites (tertiary alicyclic amines) is 2. The fourth-order valence-corrected chi connectivity index (χ4v) is 5.68. The summed E-state index contributed by atoms with van der Waals surface area (Å²) < 4.78 is 16.5. The summed E-state index contributed by atoms with van der Waals surface area (Å²) in [5, 5.41) is 13.2. The molecule has 0 radical (unpaired) electrons. The molecule has 35 heavy (non-hydrogen) atoms. The summed E-state index contributed by atoms with van der Waals surface area (Å²) >= 11 is 0. The summed E-state index contributed by atoms with van der Waals surface area (Å²) in [6.45, 7) is 6.04. The predicted molar refractivity (Wildman–Crippen MR) is 137 cm³/mol. The van der Waals surface area contributed by atoms with Crippen molar-refractivity contribution in [3.8, 4) is 22.6 Å². The number of ether oxygens (including phenoxy) is 2. The maximum absolute atomic E-state index is 9.13. The van der Waals surface area contributed by atoms with Crippen molar-refractivity contribution in [1.29, 1.82) is 5.41 Å². The number of benzene rings is 2. The molecule has 1 aromatic heterocycles. The third-order valence-corrected chi connectivity index (χ3v) is 7.58. The molecule has 7 nitrogen and oxygen atoms in total. The molecular weight excluding hydrogens is 440 g/mol. The molecule has 0 aliphatic carbocycles. The number of hydrogen-bond acceptors (Lipinski definition) is 6. The van der Waals surface area contributed by atoms with E-state index in [1.165, 1.54) is 5.56 Å². The largest absolute Gasteiger partial charge is 0.497 e. The molecule has 2 atom stereocenters. The second-order valence-electron chi connectivity index (χ2n) is 9.72. The van der Waals surface area contributed by atoms with Crippen molar-refractivity contribution in [2.24, 2.45) is 0 Å². The van der Waals surface area contributed by atoms with Crippen LogP contribution in [0.4, 0.5) is 0 Å². The van der Waals surface area contributed by atoms with E-state index in [0.29, 0.717) is 11.9 Å². The molecule has 0 amide bonds. The summed E-state index contributed by atoms with van der Waals surface area (Å²) in [7, 11) is 5.51. The minimum Gasteiger partial charge on any atom is -0.497 e. The number of aryl methyl sites for hydroxylation is 2. The van der Waals surface area contributed by atoms with Gasteiger partial charge in [0.25, 0.3) is 0 Å². The Morgan fingerprint density at radius 1 is 0.943 bits per heavy atom. The molecule has 0 saturated carbocycles. The van der Waals surface area contributed by atoms with Crippen LogP contribution in [0.3, 0.4) is 0 Å². The molecule has 2 fully saturated rings. The quantitative estimate of drug-likeness (QED) is 0.530. The Morgan fingerprint density at radius 3 is 2.11 bits per heavy atom.